The topological polar surface area (TPSA) is 59.4 Å². The molecule has 0 saturated carbocycles. The van der Waals surface area contributed by atoms with Gasteiger partial charge in [-0.3, -0.25) is 14.4 Å². The Morgan fingerprint density at radius 1 is 1.38 bits per heavy atom. The molecule has 0 bridgehead atoms. The molecule has 3 rings (SSSR count). The highest BCUT2D eigenvalue weighted by Gasteiger charge is 2.31. The molecular weight excluding hydrogens is 324 g/mol. The van der Waals surface area contributed by atoms with Gasteiger partial charge in [-0.25, -0.2) is 0 Å². The molecular formula is C17H18N4O2S. The zero-order valence-electron chi connectivity index (χ0n) is 13.5. The maximum atomic E-state index is 12.6. The number of hydrogen-bond donors (Lipinski definition) is 1. The van der Waals surface area contributed by atoms with Gasteiger partial charge in [0.1, 0.15) is 11.4 Å². The van der Waals surface area contributed by atoms with Crippen LogP contribution in [0.3, 0.4) is 0 Å². The number of nitrogens with one attached hydrogen (secondary N) is 1. The first-order valence-electron chi connectivity index (χ1n) is 7.61. The summed E-state index contributed by atoms with van der Waals surface area (Å²) < 4.78 is 7.13. The largest absolute Gasteiger partial charge is 0.496 e. The second-order valence-corrected chi connectivity index (χ2v) is 5.71. The van der Waals surface area contributed by atoms with E-state index in [4.69, 9.17) is 17.0 Å². The van der Waals surface area contributed by atoms with Gasteiger partial charge in [-0.05, 0) is 31.3 Å². The van der Waals surface area contributed by atoms with Crippen molar-refractivity contribution in [2.75, 3.05) is 7.11 Å². The fraction of sp³-hybridized carbons (Fsp3) is 0.235. The lowest BCUT2D eigenvalue weighted by Gasteiger charge is -2.12. The molecule has 0 radical (unpaired) electrons. The van der Waals surface area contributed by atoms with E-state index in [1.807, 2.05) is 42.1 Å². The van der Waals surface area contributed by atoms with Gasteiger partial charge in [0.25, 0.3) is 5.91 Å². The molecule has 2 heterocycles. The first-order chi connectivity index (χ1) is 11.6. The number of aryl methyl sites for hydroxylation is 1. The standard InChI is InChI=1S/C17H18N4O2S/c1-3-20-10-12(9-18-20)11-21-16(22)14(19-17(21)24)8-13-6-4-5-7-15(13)23-2/h4-10H,3,11H2,1-2H3,(H,19,24)/b14-8+. The van der Waals surface area contributed by atoms with Gasteiger partial charge >= 0.3 is 0 Å². The quantitative estimate of drug-likeness (QED) is 0.667. The third-order valence-corrected chi connectivity index (χ3v) is 4.07. The van der Waals surface area contributed by atoms with Crippen LogP contribution in [0.1, 0.15) is 18.1 Å². The van der Waals surface area contributed by atoms with E-state index in [9.17, 15) is 4.79 Å². The van der Waals surface area contributed by atoms with Crippen molar-refractivity contribution >= 4 is 29.3 Å². The van der Waals surface area contributed by atoms with E-state index in [-0.39, 0.29) is 5.91 Å². The summed E-state index contributed by atoms with van der Waals surface area (Å²) in [6.07, 6.45) is 5.42. The van der Waals surface area contributed by atoms with Crippen LogP contribution in [0.25, 0.3) is 6.08 Å². The van der Waals surface area contributed by atoms with Crippen molar-refractivity contribution in [2.45, 2.75) is 20.0 Å². The number of ether oxygens (including phenoxy) is 1. The van der Waals surface area contributed by atoms with Crippen LogP contribution in [0.5, 0.6) is 5.75 Å². The molecule has 1 N–H and O–H groups in total. The predicted octanol–water partition coefficient (Wildman–Crippen LogP) is 2.17. The number of carbonyl (C=O) groups is 1. The summed E-state index contributed by atoms with van der Waals surface area (Å²) in [4.78, 5) is 14.2. The Bertz CT molecular complexity index is 812. The SMILES string of the molecule is CCn1cc(CN2C(=O)/C(=C\c3ccccc3OC)NC2=S)cn1. The molecule has 0 atom stereocenters. The maximum Gasteiger partial charge on any atom is 0.276 e. The zero-order chi connectivity index (χ0) is 17.1. The Balaban J connectivity index is 1.82. The van der Waals surface area contributed by atoms with Gasteiger partial charge in [-0.15, -0.1) is 0 Å². The van der Waals surface area contributed by atoms with Crippen molar-refractivity contribution in [2.24, 2.45) is 0 Å². The summed E-state index contributed by atoms with van der Waals surface area (Å²) in [7, 11) is 1.60. The van der Waals surface area contributed by atoms with Crippen molar-refractivity contribution in [3.8, 4) is 5.75 Å². The van der Waals surface area contributed by atoms with Crippen LogP contribution in [-0.2, 0) is 17.9 Å². The van der Waals surface area contributed by atoms with Crippen LogP contribution in [0.15, 0.2) is 42.4 Å². The Morgan fingerprint density at radius 3 is 2.88 bits per heavy atom. The first kappa shape index (κ1) is 16.2. The van der Waals surface area contributed by atoms with Crippen LogP contribution < -0.4 is 10.1 Å². The third-order valence-electron chi connectivity index (χ3n) is 3.75. The number of nitrogens with zero attached hydrogens (tertiary/aromatic N) is 3. The number of amides is 1. The number of carbonyl (C=O) groups excluding carboxylic acids is 1. The molecule has 1 fully saturated rings. The van der Waals surface area contributed by atoms with Crippen molar-refractivity contribution in [1.29, 1.82) is 0 Å². The molecule has 0 spiro atoms. The highest BCUT2D eigenvalue weighted by Crippen LogP contribution is 2.23. The molecule has 124 valence electrons. The molecule has 2 aromatic rings. The Kier molecular flexibility index (Phi) is 4.61. The summed E-state index contributed by atoms with van der Waals surface area (Å²) in [5, 5.41) is 7.59. The molecule has 0 unspecified atom stereocenters. The Morgan fingerprint density at radius 2 is 2.17 bits per heavy atom. The third kappa shape index (κ3) is 3.16. The van der Waals surface area contributed by atoms with Crippen molar-refractivity contribution in [1.82, 2.24) is 20.0 Å². The lowest BCUT2D eigenvalue weighted by molar-refractivity contribution is -0.122. The number of rotatable bonds is 5. The summed E-state index contributed by atoms with van der Waals surface area (Å²) in [6, 6.07) is 7.51. The molecule has 6 nitrogen and oxygen atoms in total. The van der Waals surface area contributed by atoms with E-state index < -0.39 is 0 Å². The van der Waals surface area contributed by atoms with E-state index >= 15 is 0 Å². The van der Waals surface area contributed by atoms with Gasteiger partial charge in [-0.1, -0.05) is 18.2 Å². The molecule has 24 heavy (non-hydrogen) atoms. The molecule has 1 aromatic carbocycles. The van der Waals surface area contributed by atoms with Gasteiger partial charge in [-0.2, -0.15) is 5.10 Å². The average molecular weight is 342 g/mol. The summed E-state index contributed by atoms with van der Waals surface area (Å²) in [5.41, 5.74) is 2.19. The van der Waals surface area contributed by atoms with Gasteiger partial charge < -0.3 is 10.1 Å². The van der Waals surface area contributed by atoms with Crippen LogP contribution in [0.4, 0.5) is 0 Å². The molecule has 7 heteroatoms. The molecule has 1 amide bonds. The molecule has 1 aliphatic heterocycles. The maximum absolute atomic E-state index is 12.6. The zero-order valence-corrected chi connectivity index (χ0v) is 14.3. The lowest BCUT2D eigenvalue weighted by atomic mass is 10.1. The monoisotopic (exact) mass is 342 g/mol. The van der Waals surface area contributed by atoms with E-state index in [0.717, 1.165) is 17.7 Å². The lowest BCUT2D eigenvalue weighted by Crippen LogP contribution is -2.29. The van der Waals surface area contributed by atoms with Crippen LogP contribution in [0, 0.1) is 0 Å². The highest BCUT2D eigenvalue weighted by molar-refractivity contribution is 7.80. The summed E-state index contributed by atoms with van der Waals surface area (Å²) in [6.45, 7) is 3.20. The number of aromatic nitrogens is 2. The normalized spacial score (nSPS) is 15.9. The van der Waals surface area contributed by atoms with Gasteiger partial charge in [0.15, 0.2) is 5.11 Å². The van der Waals surface area contributed by atoms with Crippen molar-refractivity contribution in [3.05, 3.63) is 53.5 Å². The van der Waals surface area contributed by atoms with Crippen LogP contribution in [-0.4, -0.2) is 32.8 Å². The second-order valence-electron chi connectivity index (χ2n) is 5.33. The van der Waals surface area contributed by atoms with Crippen LogP contribution in [0.2, 0.25) is 0 Å². The van der Waals surface area contributed by atoms with Gasteiger partial charge in [0.2, 0.25) is 0 Å². The minimum Gasteiger partial charge on any atom is -0.496 e. The van der Waals surface area contributed by atoms with E-state index in [1.54, 1.807) is 19.4 Å². The fourth-order valence-electron chi connectivity index (χ4n) is 2.50. The molecule has 1 saturated heterocycles. The van der Waals surface area contributed by atoms with Crippen molar-refractivity contribution < 1.29 is 9.53 Å². The van der Waals surface area contributed by atoms with Crippen LogP contribution >= 0.6 is 12.2 Å². The summed E-state index contributed by atoms with van der Waals surface area (Å²) >= 11 is 5.30. The fourth-order valence-corrected chi connectivity index (χ4v) is 2.76. The second kappa shape index (κ2) is 6.84. The van der Waals surface area contributed by atoms with Gasteiger partial charge in [0.05, 0.1) is 19.9 Å². The van der Waals surface area contributed by atoms with Crippen molar-refractivity contribution in [3.63, 3.8) is 0 Å². The van der Waals surface area contributed by atoms with Gasteiger partial charge in [0, 0.05) is 23.9 Å². The highest BCUT2D eigenvalue weighted by atomic mass is 32.1. The average Bonchev–Trinajstić information content (AvgIpc) is 3.15. The molecule has 1 aromatic heterocycles. The van der Waals surface area contributed by atoms with E-state index in [0.29, 0.717) is 23.1 Å². The Labute approximate surface area is 145 Å². The Hall–Kier alpha value is -2.67. The number of methoxy groups -OCH3 is 1. The number of hydrogen-bond acceptors (Lipinski definition) is 4. The minimum absolute atomic E-state index is 0.157. The molecule has 1 aliphatic rings. The van der Waals surface area contributed by atoms with E-state index in [1.165, 1.54) is 4.90 Å². The predicted molar refractivity (Wildman–Crippen MR) is 95.2 cm³/mol. The number of benzene rings is 1. The number of thiocarbonyl (C=S) groups is 1. The molecule has 0 aliphatic carbocycles. The smallest absolute Gasteiger partial charge is 0.276 e. The summed E-state index contributed by atoms with van der Waals surface area (Å²) in [5.74, 6) is 0.545. The first-order valence-corrected chi connectivity index (χ1v) is 8.02. The minimum atomic E-state index is -0.157. The number of para-hydroxylation sites is 1. The van der Waals surface area contributed by atoms with E-state index in [2.05, 4.69) is 10.4 Å².